The van der Waals surface area contributed by atoms with Crippen LogP contribution < -0.4 is 5.73 Å². The van der Waals surface area contributed by atoms with Gasteiger partial charge in [0.1, 0.15) is 0 Å². The molecule has 2 heteroatoms. The van der Waals surface area contributed by atoms with Gasteiger partial charge in [0.05, 0.1) is 0 Å². The van der Waals surface area contributed by atoms with Gasteiger partial charge in [-0.05, 0) is 75.1 Å². The van der Waals surface area contributed by atoms with Crippen LogP contribution in [0.2, 0.25) is 0 Å². The zero-order valence-electron chi connectivity index (χ0n) is 14.1. The Hall–Kier alpha value is -0.860. The maximum absolute atomic E-state index is 6.07. The number of hydrogen-bond donors (Lipinski definition) is 1. The third kappa shape index (κ3) is 5.12. The van der Waals surface area contributed by atoms with Crippen LogP contribution in [-0.4, -0.2) is 24.0 Å². The molecule has 1 aromatic rings. The van der Waals surface area contributed by atoms with Crippen LogP contribution in [0.5, 0.6) is 0 Å². The van der Waals surface area contributed by atoms with Crippen molar-refractivity contribution in [2.75, 3.05) is 13.1 Å². The van der Waals surface area contributed by atoms with E-state index < -0.39 is 0 Å². The first-order valence-corrected chi connectivity index (χ1v) is 8.62. The van der Waals surface area contributed by atoms with Gasteiger partial charge in [0.25, 0.3) is 0 Å². The smallest absolute Gasteiger partial charge is 0.0233 e. The second-order valence-corrected chi connectivity index (χ2v) is 6.91. The van der Waals surface area contributed by atoms with Crippen LogP contribution in [0.4, 0.5) is 0 Å². The summed E-state index contributed by atoms with van der Waals surface area (Å²) in [6.07, 6.45) is 6.34. The first kappa shape index (κ1) is 16.5. The molecule has 21 heavy (non-hydrogen) atoms. The van der Waals surface area contributed by atoms with Gasteiger partial charge < -0.3 is 5.73 Å². The molecule has 0 saturated carbocycles. The summed E-state index contributed by atoms with van der Waals surface area (Å²) in [5, 5.41) is 0. The molecule has 2 atom stereocenters. The van der Waals surface area contributed by atoms with E-state index in [-0.39, 0.29) is 0 Å². The van der Waals surface area contributed by atoms with Crippen molar-refractivity contribution in [3.63, 3.8) is 0 Å². The fourth-order valence-corrected chi connectivity index (χ4v) is 3.34. The van der Waals surface area contributed by atoms with Crippen LogP contribution in [0.15, 0.2) is 18.2 Å². The molecule has 1 saturated heterocycles. The predicted octanol–water partition coefficient (Wildman–Crippen LogP) is 4.03. The van der Waals surface area contributed by atoms with Gasteiger partial charge in [-0.25, -0.2) is 0 Å². The van der Waals surface area contributed by atoms with Crippen molar-refractivity contribution in [3.8, 4) is 0 Å². The molecule has 118 valence electrons. The molecule has 2 unspecified atom stereocenters. The molecular weight excluding hydrogens is 256 g/mol. The molecule has 0 bridgehead atoms. The normalized spacial score (nSPS) is 21.4. The van der Waals surface area contributed by atoms with Crippen molar-refractivity contribution >= 4 is 0 Å². The highest BCUT2D eigenvalue weighted by Gasteiger charge is 2.20. The Morgan fingerprint density at radius 1 is 1.29 bits per heavy atom. The van der Waals surface area contributed by atoms with Crippen molar-refractivity contribution in [2.45, 2.75) is 65.5 Å². The number of nitrogens with zero attached hydrogens (tertiary/aromatic N) is 1. The number of piperidine rings is 1. The first-order valence-electron chi connectivity index (χ1n) is 8.62. The molecule has 2 nitrogen and oxygen atoms in total. The molecule has 0 spiro atoms. The third-order valence-corrected chi connectivity index (χ3v) is 5.05. The summed E-state index contributed by atoms with van der Waals surface area (Å²) in [7, 11) is 0. The summed E-state index contributed by atoms with van der Waals surface area (Å²) < 4.78 is 0. The van der Waals surface area contributed by atoms with E-state index in [1.165, 1.54) is 55.5 Å². The highest BCUT2D eigenvalue weighted by molar-refractivity contribution is 5.29. The number of hydrogen-bond acceptors (Lipinski definition) is 2. The van der Waals surface area contributed by atoms with Gasteiger partial charge in [-0.3, -0.25) is 4.90 Å². The standard InChI is InChI=1S/C19H32N2/c1-4-19(20)10-9-17-6-5-11-21(13-17)14-18-8-7-15(2)16(3)12-18/h7-8,12,17,19H,4-6,9-11,13-14,20H2,1-3H3. The molecule has 1 heterocycles. The van der Waals surface area contributed by atoms with Gasteiger partial charge in [-0.1, -0.05) is 25.1 Å². The summed E-state index contributed by atoms with van der Waals surface area (Å²) >= 11 is 0. The minimum atomic E-state index is 0.403. The van der Waals surface area contributed by atoms with E-state index in [4.69, 9.17) is 5.73 Å². The van der Waals surface area contributed by atoms with Crippen LogP contribution in [-0.2, 0) is 6.54 Å². The van der Waals surface area contributed by atoms with E-state index in [0.29, 0.717) is 6.04 Å². The van der Waals surface area contributed by atoms with Crippen molar-refractivity contribution in [1.29, 1.82) is 0 Å². The summed E-state index contributed by atoms with van der Waals surface area (Å²) in [6, 6.07) is 7.30. The van der Waals surface area contributed by atoms with Crippen molar-refractivity contribution in [3.05, 3.63) is 34.9 Å². The summed E-state index contributed by atoms with van der Waals surface area (Å²) in [5.41, 5.74) is 10.3. The first-order chi connectivity index (χ1) is 10.1. The van der Waals surface area contributed by atoms with Gasteiger partial charge in [0.2, 0.25) is 0 Å². The zero-order chi connectivity index (χ0) is 15.2. The molecule has 1 fully saturated rings. The monoisotopic (exact) mass is 288 g/mol. The number of aryl methyl sites for hydroxylation is 2. The number of nitrogens with two attached hydrogens (primary N) is 1. The summed E-state index contributed by atoms with van der Waals surface area (Å²) in [5.74, 6) is 0.850. The molecule has 1 aromatic carbocycles. The third-order valence-electron chi connectivity index (χ3n) is 5.05. The number of benzene rings is 1. The van der Waals surface area contributed by atoms with E-state index in [2.05, 4.69) is 43.9 Å². The molecule has 0 radical (unpaired) electrons. The zero-order valence-corrected chi connectivity index (χ0v) is 14.1. The Bertz CT molecular complexity index is 441. The topological polar surface area (TPSA) is 29.3 Å². The molecule has 1 aliphatic heterocycles. The molecule has 0 amide bonds. The summed E-state index contributed by atoms with van der Waals surface area (Å²) in [6.45, 7) is 10.2. The number of likely N-dealkylation sites (tertiary alicyclic amines) is 1. The van der Waals surface area contributed by atoms with Crippen LogP contribution in [0, 0.1) is 19.8 Å². The molecule has 2 N–H and O–H groups in total. The lowest BCUT2D eigenvalue weighted by atomic mass is 9.91. The van der Waals surface area contributed by atoms with Crippen molar-refractivity contribution in [2.24, 2.45) is 11.7 Å². The Kier molecular flexibility index (Phi) is 6.25. The lowest BCUT2D eigenvalue weighted by molar-refractivity contribution is 0.158. The van der Waals surface area contributed by atoms with E-state index in [0.717, 1.165) is 18.9 Å². The Morgan fingerprint density at radius 2 is 2.10 bits per heavy atom. The lowest BCUT2D eigenvalue weighted by Crippen LogP contribution is -2.35. The van der Waals surface area contributed by atoms with E-state index in [1.807, 2.05) is 0 Å². The van der Waals surface area contributed by atoms with E-state index in [9.17, 15) is 0 Å². The Balaban J connectivity index is 1.84. The van der Waals surface area contributed by atoms with Gasteiger partial charge >= 0.3 is 0 Å². The average molecular weight is 288 g/mol. The molecular formula is C19H32N2. The minimum absolute atomic E-state index is 0.403. The number of rotatable bonds is 6. The Morgan fingerprint density at radius 3 is 2.81 bits per heavy atom. The summed E-state index contributed by atoms with van der Waals surface area (Å²) in [4.78, 5) is 2.63. The highest BCUT2D eigenvalue weighted by atomic mass is 15.1. The molecule has 0 aromatic heterocycles. The van der Waals surface area contributed by atoms with Crippen molar-refractivity contribution in [1.82, 2.24) is 4.90 Å². The van der Waals surface area contributed by atoms with Crippen LogP contribution in [0.25, 0.3) is 0 Å². The predicted molar refractivity (Wildman–Crippen MR) is 91.4 cm³/mol. The van der Waals surface area contributed by atoms with Gasteiger partial charge in [0, 0.05) is 19.1 Å². The van der Waals surface area contributed by atoms with Gasteiger partial charge in [0.15, 0.2) is 0 Å². The van der Waals surface area contributed by atoms with E-state index in [1.54, 1.807) is 0 Å². The molecule has 1 aliphatic rings. The lowest BCUT2D eigenvalue weighted by Gasteiger charge is -2.33. The second-order valence-electron chi connectivity index (χ2n) is 6.91. The fourth-order valence-electron chi connectivity index (χ4n) is 3.34. The van der Waals surface area contributed by atoms with Crippen LogP contribution in [0.3, 0.4) is 0 Å². The van der Waals surface area contributed by atoms with Crippen LogP contribution >= 0.6 is 0 Å². The highest BCUT2D eigenvalue weighted by Crippen LogP contribution is 2.23. The SMILES string of the molecule is CCC(N)CCC1CCCN(Cc2ccc(C)c(C)c2)C1. The average Bonchev–Trinajstić information content (AvgIpc) is 2.49. The fraction of sp³-hybridized carbons (Fsp3) is 0.684. The second kappa shape index (κ2) is 7.95. The Labute approximate surface area is 130 Å². The maximum Gasteiger partial charge on any atom is 0.0233 e. The van der Waals surface area contributed by atoms with Gasteiger partial charge in [-0.15, -0.1) is 0 Å². The quantitative estimate of drug-likeness (QED) is 0.856. The largest absolute Gasteiger partial charge is 0.328 e. The maximum atomic E-state index is 6.07. The molecule has 0 aliphatic carbocycles. The van der Waals surface area contributed by atoms with Gasteiger partial charge in [-0.2, -0.15) is 0 Å². The van der Waals surface area contributed by atoms with Crippen LogP contribution in [0.1, 0.15) is 55.7 Å². The molecule has 2 rings (SSSR count). The minimum Gasteiger partial charge on any atom is -0.328 e. The van der Waals surface area contributed by atoms with Crippen molar-refractivity contribution < 1.29 is 0 Å². The van der Waals surface area contributed by atoms with E-state index >= 15 is 0 Å².